The molecule has 1 aliphatic rings. The Hall–Kier alpha value is -1.97. The lowest BCUT2D eigenvalue weighted by Crippen LogP contribution is -2.30. The number of carbonyl (C=O) groups is 1. The second-order valence-electron chi connectivity index (χ2n) is 4.54. The first kappa shape index (κ1) is 17.4. The molecule has 0 bridgehead atoms. The average Bonchev–Trinajstić information content (AvgIpc) is 2.43. The van der Waals surface area contributed by atoms with Crippen LogP contribution in [0.1, 0.15) is 0 Å². The first-order chi connectivity index (χ1) is 10.6. The van der Waals surface area contributed by atoms with Crippen molar-refractivity contribution in [3.8, 4) is 0 Å². The normalized spacial score (nSPS) is 17.7. The van der Waals surface area contributed by atoms with Crippen molar-refractivity contribution in [2.75, 3.05) is 6.26 Å². The first-order valence-corrected chi connectivity index (χ1v) is 9.81. The van der Waals surface area contributed by atoms with E-state index < -0.39 is 25.8 Å². The van der Waals surface area contributed by atoms with Crippen molar-refractivity contribution in [1.29, 1.82) is 0 Å². The van der Waals surface area contributed by atoms with Crippen LogP contribution in [-0.2, 0) is 24.8 Å². The van der Waals surface area contributed by atoms with Crippen LogP contribution in [0.4, 0.5) is 0 Å². The molecule has 0 saturated carbocycles. The molecule has 0 fully saturated rings. The van der Waals surface area contributed by atoms with Crippen LogP contribution < -0.4 is 4.72 Å². The quantitative estimate of drug-likeness (QED) is 0.789. The molecule has 0 amide bonds. The Morgan fingerprint density at radius 3 is 2.22 bits per heavy atom. The van der Waals surface area contributed by atoms with Crippen molar-refractivity contribution in [1.82, 2.24) is 4.72 Å². The molecular formula is C13H11ClN2O5S2. The number of hydrogen-bond donors (Lipinski definition) is 1. The minimum absolute atomic E-state index is 0.0484. The van der Waals surface area contributed by atoms with Gasteiger partial charge in [-0.15, -0.1) is 0 Å². The van der Waals surface area contributed by atoms with E-state index in [0.29, 0.717) is 0 Å². The van der Waals surface area contributed by atoms with Gasteiger partial charge >= 0.3 is 0 Å². The highest BCUT2D eigenvalue weighted by Crippen LogP contribution is 2.18. The molecule has 0 heterocycles. The van der Waals surface area contributed by atoms with Crippen LogP contribution >= 0.6 is 11.6 Å². The Bertz CT molecular complexity index is 945. The second-order valence-corrected chi connectivity index (χ2v) is 8.28. The van der Waals surface area contributed by atoms with Crippen LogP contribution in [0.15, 0.2) is 62.5 Å². The zero-order chi connectivity index (χ0) is 17.3. The number of carbonyl (C=O) groups excluding carboxylic acids is 1. The molecule has 7 nitrogen and oxygen atoms in total. The van der Waals surface area contributed by atoms with Crippen LogP contribution in [0, 0.1) is 0 Å². The van der Waals surface area contributed by atoms with Gasteiger partial charge in [0.05, 0.1) is 21.9 Å². The van der Waals surface area contributed by atoms with Gasteiger partial charge in [0.2, 0.25) is 0 Å². The predicted octanol–water partition coefficient (Wildman–Crippen LogP) is 0.955. The number of rotatable bonds is 4. The van der Waals surface area contributed by atoms with Gasteiger partial charge in [-0.1, -0.05) is 29.8 Å². The molecule has 1 aromatic carbocycles. The van der Waals surface area contributed by atoms with Crippen molar-refractivity contribution in [2.24, 2.45) is 4.40 Å². The Morgan fingerprint density at radius 2 is 1.65 bits per heavy atom. The Morgan fingerprint density at radius 1 is 1.04 bits per heavy atom. The van der Waals surface area contributed by atoms with Gasteiger partial charge < -0.3 is 0 Å². The molecule has 122 valence electrons. The number of sulfonamides is 2. The lowest BCUT2D eigenvalue weighted by atomic mass is 10.1. The van der Waals surface area contributed by atoms with E-state index in [2.05, 4.69) is 9.12 Å². The molecule has 0 spiro atoms. The Kier molecular flexibility index (Phi) is 4.73. The summed E-state index contributed by atoms with van der Waals surface area (Å²) in [4.78, 5) is 11.6. The summed E-state index contributed by atoms with van der Waals surface area (Å²) in [5, 5.41) is -0.268. The molecule has 0 atom stereocenters. The van der Waals surface area contributed by atoms with E-state index in [0.717, 1.165) is 18.4 Å². The molecule has 1 N–H and O–H groups in total. The molecule has 23 heavy (non-hydrogen) atoms. The third kappa shape index (κ3) is 4.50. The lowest BCUT2D eigenvalue weighted by molar-refractivity contribution is -0.110. The molecule has 0 radical (unpaired) electrons. The molecule has 1 aromatic rings. The summed E-state index contributed by atoms with van der Waals surface area (Å²) < 4.78 is 52.7. The monoisotopic (exact) mass is 374 g/mol. The summed E-state index contributed by atoms with van der Waals surface area (Å²) in [6.45, 7) is 0. The standard InChI is InChI=1S/C13H11ClN2O5S2/c1-22(18,19)15-11-7-10(14)13(17)8-12(11)16-23(20,21)9-5-3-2-4-6-9/h2-8,16H,1H3/b15-11-. The number of allylic oxidation sites excluding steroid dienone is 3. The van der Waals surface area contributed by atoms with Gasteiger partial charge in [-0.2, -0.15) is 4.40 Å². The third-order valence-electron chi connectivity index (χ3n) is 2.61. The number of nitrogens with one attached hydrogen (secondary N) is 1. The van der Waals surface area contributed by atoms with Crippen molar-refractivity contribution >= 4 is 43.1 Å². The van der Waals surface area contributed by atoms with E-state index in [1.54, 1.807) is 6.07 Å². The number of nitrogens with zero attached hydrogens (tertiary/aromatic N) is 1. The van der Waals surface area contributed by atoms with E-state index in [1.807, 2.05) is 0 Å². The maximum absolute atomic E-state index is 12.3. The van der Waals surface area contributed by atoms with Crippen molar-refractivity contribution in [3.05, 3.63) is 53.2 Å². The van der Waals surface area contributed by atoms with Crippen LogP contribution in [-0.4, -0.2) is 34.6 Å². The van der Waals surface area contributed by atoms with E-state index in [4.69, 9.17) is 11.6 Å². The number of halogens is 1. The van der Waals surface area contributed by atoms with Gasteiger partial charge in [0.1, 0.15) is 5.71 Å². The molecule has 0 aliphatic heterocycles. The number of benzene rings is 1. The molecule has 0 unspecified atom stereocenters. The molecule has 2 rings (SSSR count). The molecule has 1 aliphatic carbocycles. The zero-order valence-electron chi connectivity index (χ0n) is 11.7. The average molecular weight is 375 g/mol. The van der Waals surface area contributed by atoms with Crippen molar-refractivity contribution in [3.63, 3.8) is 0 Å². The molecular weight excluding hydrogens is 364 g/mol. The summed E-state index contributed by atoms with van der Waals surface area (Å²) in [7, 11) is -7.83. The molecule has 0 aromatic heterocycles. The van der Waals surface area contributed by atoms with Crippen LogP contribution in [0.3, 0.4) is 0 Å². The van der Waals surface area contributed by atoms with E-state index in [1.165, 1.54) is 24.3 Å². The Balaban J connectivity index is 2.46. The van der Waals surface area contributed by atoms with E-state index in [-0.39, 0.29) is 21.3 Å². The summed E-state index contributed by atoms with van der Waals surface area (Å²) in [5.74, 6) is -0.662. The SMILES string of the molecule is CS(=O)(=O)/N=C1/C=C(Cl)C(=O)C=C1NS(=O)(=O)c1ccccc1. The predicted molar refractivity (Wildman–Crippen MR) is 86.1 cm³/mol. The minimum Gasteiger partial charge on any atom is -0.288 e. The van der Waals surface area contributed by atoms with Gasteiger partial charge in [-0.05, 0) is 18.2 Å². The lowest BCUT2D eigenvalue weighted by Gasteiger charge is -2.14. The van der Waals surface area contributed by atoms with Gasteiger partial charge in [-0.3, -0.25) is 9.52 Å². The number of hydrogen-bond acceptors (Lipinski definition) is 5. The van der Waals surface area contributed by atoms with E-state index >= 15 is 0 Å². The van der Waals surface area contributed by atoms with Crippen LogP contribution in [0.5, 0.6) is 0 Å². The van der Waals surface area contributed by atoms with Gasteiger partial charge in [-0.25, -0.2) is 16.8 Å². The minimum atomic E-state index is -4.01. The smallest absolute Gasteiger partial charge is 0.261 e. The number of ketones is 1. The maximum atomic E-state index is 12.3. The largest absolute Gasteiger partial charge is 0.288 e. The highest BCUT2D eigenvalue weighted by atomic mass is 35.5. The zero-order valence-corrected chi connectivity index (χ0v) is 14.1. The third-order valence-corrected chi connectivity index (χ3v) is 4.82. The fraction of sp³-hybridized carbons (Fsp3) is 0.0769. The highest BCUT2D eigenvalue weighted by Gasteiger charge is 2.24. The van der Waals surface area contributed by atoms with Gasteiger partial charge in [0, 0.05) is 6.08 Å². The van der Waals surface area contributed by atoms with Crippen molar-refractivity contribution in [2.45, 2.75) is 4.90 Å². The second kappa shape index (κ2) is 6.26. The highest BCUT2D eigenvalue weighted by molar-refractivity contribution is 7.90. The Labute approximate surface area is 138 Å². The summed E-state index contributed by atoms with van der Waals surface area (Å²) in [6, 6.07) is 7.39. The van der Waals surface area contributed by atoms with Crippen molar-refractivity contribution < 1.29 is 21.6 Å². The van der Waals surface area contributed by atoms with Gasteiger partial charge in [0.15, 0.2) is 5.78 Å². The summed E-state index contributed by atoms with van der Waals surface area (Å²) in [6.07, 6.45) is 2.71. The van der Waals surface area contributed by atoms with E-state index in [9.17, 15) is 21.6 Å². The molecule has 10 heteroatoms. The maximum Gasteiger partial charge on any atom is 0.261 e. The van der Waals surface area contributed by atoms with Crippen LogP contribution in [0.2, 0.25) is 0 Å². The van der Waals surface area contributed by atoms with Crippen LogP contribution in [0.25, 0.3) is 0 Å². The topological polar surface area (TPSA) is 110 Å². The van der Waals surface area contributed by atoms with Gasteiger partial charge in [0.25, 0.3) is 20.0 Å². The summed E-state index contributed by atoms with van der Waals surface area (Å²) >= 11 is 5.66. The fourth-order valence-corrected chi connectivity index (χ4v) is 3.43. The summed E-state index contributed by atoms with van der Waals surface area (Å²) in [5.41, 5.74) is -0.537. The molecule has 0 saturated heterocycles. The first-order valence-electron chi connectivity index (χ1n) is 6.10. The fourth-order valence-electron chi connectivity index (χ4n) is 1.68.